The van der Waals surface area contributed by atoms with E-state index < -0.39 is 5.41 Å². The third-order valence-electron chi connectivity index (χ3n) is 4.80. The summed E-state index contributed by atoms with van der Waals surface area (Å²) in [4.78, 5) is 27.4. The number of nitrogens with zero attached hydrogens (tertiary/aromatic N) is 1. The Hall–Kier alpha value is -2.04. The van der Waals surface area contributed by atoms with Crippen molar-refractivity contribution in [2.45, 2.75) is 31.6 Å². The summed E-state index contributed by atoms with van der Waals surface area (Å²) in [7, 11) is 0. The van der Waals surface area contributed by atoms with Crippen LogP contribution in [-0.4, -0.2) is 29.8 Å². The number of anilines is 1. The van der Waals surface area contributed by atoms with Crippen LogP contribution in [0.1, 0.15) is 31.7 Å². The first-order chi connectivity index (χ1) is 13.0. The van der Waals surface area contributed by atoms with Gasteiger partial charge in [0.25, 0.3) is 0 Å². The molecule has 3 rings (SSSR count). The third kappa shape index (κ3) is 4.45. The molecule has 1 fully saturated rings. The number of rotatable bonds is 7. The number of nitrogens with one attached hydrogen (secondary N) is 1. The number of amides is 2. The van der Waals surface area contributed by atoms with Crippen LogP contribution in [0.4, 0.5) is 5.69 Å². The molecule has 2 aromatic rings. The summed E-state index contributed by atoms with van der Waals surface area (Å²) in [6.45, 7) is 2.52. The molecule has 0 saturated heterocycles. The molecule has 1 N–H and O–H groups in total. The molecule has 0 unspecified atom stereocenters. The number of carbonyl (C=O) groups excluding carboxylic acids is 2. The van der Waals surface area contributed by atoms with Gasteiger partial charge in [0.05, 0.1) is 22.7 Å². The molecule has 2 amide bonds. The van der Waals surface area contributed by atoms with Gasteiger partial charge in [0, 0.05) is 11.6 Å². The van der Waals surface area contributed by atoms with Crippen LogP contribution < -0.4 is 5.32 Å². The highest BCUT2D eigenvalue weighted by Gasteiger charge is 2.52. The zero-order valence-corrected chi connectivity index (χ0v) is 16.7. The smallest absolute Gasteiger partial charge is 0.244 e. The van der Waals surface area contributed by atoms with Crippen molar-refractivity contribution in [1.29, 1.82) is 0 Å². The first-order valence-corrected chi connectivity index (χ1v) is 9.81. The Morgan fingerprint density at radius 1 is 1.11 bits per heavy atom. The van der Waals surface area contributed by atoms with E-state index in [1.807, 2.05) is 37.3 Å². The molecule has 0 radical (unpaired) electrons. The van der Waals surface area contributed by atoms with Gasteiger partial charge in [0.2, 0.25) is 11.8 Å². The molecule has 27 heavy (non-hydrogen) atoms. The molecule has 0 spiro atoms. The minimum atomic E-state index is -0.482. The summed E-state index contributed by atoms with van der Waals surface area (Å²) < 4.78 is 0. The summed E-state index contributed by atoms with van der Waals surface area (Å²) in [5.41, 5.74) is 0.987. The molecule has 0 aromatic heterocycles. The first kappa shape index (κ1) is 19.7. The van der Waals surface area contributed by atoms with E-state index in [1.165, 1.54) is 0 Å². The lowest BCUT2D eigenvalue weighted by atomic mass is 9.94. The largest absolute Gasteiger partial charge is 0.333 e. The zero-order chi connectivity index (χ0) is 19.4. The molecule has 0 aliphatic heterocycles. The Labute approximate surface area is 169 Å². The van der Waals surface area contributed by atoms with Crippen LogP contribution in [0, 0.1) is 0 Å². The Balaban J connectivity index is 1.73. The van der Waals surface area contributed by atoms with Gasteiger partial charge in [0.15, 0.2) is 0 Å². The van der Waals surface area contributed by atoms with Gasteiger partial charge in [0.1, 0.15) is 0 Å². The topological polar surface area (TPSA) is 49.4 Å². The van der Waals surface area contributed by atoms with Gasteiger partial charge in [-0.3, -0.25) is 9.59 Å². The van der Waals surface area contributed by atoms with Gasteiger partial charge < -0.3 is 10.2 Å². The maximum Gasteiger partial charge on any atom is 0.244 e. The fourth-order valence-electron chi connectivity index (χ4n) is 3.29. The minimum absolute atomic E-state index is 0.00982. The predicted octanol–water partition coefficient (Wildman–Crippen LogP) is 4.90. The van der Waals surface area contributed by atoms with Gasteiger partial charge in [-0.1, -0.05) is 60.5 Å². The normalized spacial score (nSPS) is 14.5. The maximum absolute atomic E-state index is 13.2. The molecule has 2 aromatic carbocycles. The lowest BCUT2D eigenvalue weighted by molar-refractivity contribution is -0.137. The molecule has 1 aliphatic rings. The van der Waals surface area contributed by atoms with Crippen molar-refractivity contribution < 1.29 is 9.59 Å². The van der Waals surface area contributed by atoms with E-state index in [-0.39, 0.29) is 18.4 Å². The van der Waals surface area contributed by atoms with Crippen LogP contribution >= 0.6 is 23.2 Å². The summed E-state index contributed by atoms with van der Waals surface area (Å²) in [5.74, 6) is -0.271. The van der Waals surface area contributed by atoms with Crippen LogP contribution in [0.15, 0.2) is 48.5 Å². The summed E-state index contributed by atoms with van der Waals surface area (Å²) in [6, 6.07) is 14.7. The third-order valence-corrected chi connectivity index (χ3v) is 5.37. The zero-order valence-electron chi connectivity index (χ0n) is 15.2. The van der Waals surface area contributed by atoms with Gasteiger partial charge in [-0.05, 0) is 43.0 Å². The maximum atomic E-state index is 13.2. The molecule has 1 aliphatic carbocycles. The second-order valence-electron chi connectivity index (χ2n) is 6.85. The number of carbonyl (C=O) groups is 2. The second-order valence-corrected chi connectivity index (χ2v) is 7.69. The Bertz CT molecular complexity index is 835. The van der Waals surface area contributed by atoms with Crippen LogP contribution in [0.2, 0.25) is 10.0 Å². The van der Waals surface area contributed by atoms with Crippen LogP contribution in [-0.2, 0) is 15.0 Å². The van der Waals surface area contributed by atoms with Crippen LogP contribution in [0.3, 0.4) is 0 Å². The molecular formula is C21H22Cl2N2O2. The molecular weight excluding hydrogens is 383 g/mol. The number of benzene rings is 2. The average molecular weight is 405 g/mol. The summed E-state index contributed by atoms with van der Waals surface area (Å²) in [6.07, 6.45) is 2.41. The Morgan fingerprint density at radius 2 is 1.81 bits per heavy atom. The fourth-order valence-corrected chi connectivity index (χ4v) is 3.63. The molecule has 142 valence electrons. The first-order valence-electron chi connectivity index (χ1n) is 9.06. The Morgan fingerprint density at radius 3 is 2.44 bits per heavy atom. The average Bonchev–Trinajstić information content (AvgIpc) is 3.46. The minimum Gasteiger partial charge on any atom is -0.333 e. The highest BCUT2D eigenvalue weighted by atomic mass is 35.5. The van der Waals surface area contributed by atoms with E-state index in [9.17, 15) is 9.59 Å². The fraction of sp³-hybridized carbons (Fsp3) is 0.333. The van der Waals surface area contributed by atoms with Crippen molar-refractivity contribution in [2.75, 3.05) is 18.4 Å². The highest BCUT2D eigenvalue weighted by molar-refractivity contribution is 6.35. The van der Waals surface area contributed by atoms with Crippen molar-refractivity contribution in [1.82, 2.24) is 4.90 Å². The molecule has 0 bridgehead atoms. The predicted molar refractivity (Wildman–Crippen MR) is 109 cm³/mol. The quantitative estimate of drug-likeness (QED) is 0.712. The van der Waals surface area contributed by atoms with Crippen LogP contribution in [0.5, 0.6) is 0 Å². The lowest BCUT2D eigenvalue weighted by Crippen LogP contribution is -2.44. The standard InChI is InChI=1S/C21H22Cl2N2O2/c1-2-12-25(14-19(26)24-18-13-16(22)8-9-17(18)23)20(27)21(10-11-21)15-6-4-3-5-7-15/h3-9,13H,2,10-12,14H2,1H3,(H,24,26). The number of hydrogen-bond acceptors (Lipinski definition) is 2. The van der Waals surface area contributed by atoms with Gasteiger partial charge in [-0.15, -0.1) is 0 Å². The summed E-state index contributed by atoms with van der Waals surface area (Å²) >= 11 is 12.1. The number of hydrogen-bond donors (Lipinski definition) is 1. The second kappa shape index (κ2) is 8.32. The Kier molecular flexibility index (Phi) is 6.08. The van der Waals surface area contributed by atoms with Crippen LogP contribution in [0.25, 0.3) is 0 Å². The van der Waals surface area contributed by atoms with Crippen molar-refractivity contribution in [2.24, 2.45) is 0 Å². The van der Waals surface area contributed by atoms with Crippen molar-refractivity contribution in [3.8, 4) is 0 Å². The van der Waals surface area contributed by atoms with E-state index in [0.29, 0.717) is 22.3 Å². The lowest BCUT2D eigenvalue weighted by Gasteiger charge is -2.27. The van der Waals surface area contributed by atoms with Gasteiger partial charge in [-0.2, -0.15) is 0 Å². The van der Waals surface area contributed by atoms with E-state index in [1.54, 1.807) is 23.1 Å². The van der Waals surface area contributed by atoms with E-state index in [0.717, 1.165) is 24.8 Å². The monoisotopic (exact) mass is 404 g/mol. The molecule has 6 heteroatoms. The number of halogens is 2. The van der Waals surface area contributed by atoms with Gasteiger partial charge in [-0.25, -0.2) is 0 Å². The molecule has 0 heterocycles. The molecule has 4 nitrogen and oxygen atoms in total. The van der Waals surface area contributed by atoms with Crippen molar-refractivity contribution in [3.05, 3.63) is 64.1 Å². The summed E-state index contributed by atoms with van der Waals surface area (Å²) in [5, 5.41) is 3.65. The van der Waals surface area contributed by atoms with Crippen molar-refractivity contribution in [3.63, 3.8) is 0 Å². The van der Waals surface area contributed by atoms with E-state index in [2.05, 4.69) is 5.32 Å². The molecule has 1 saturated carbocycles. The molecule has 0 atom stereocenters. The van der Waals surface area contributed by atoms with Crippen molar-refractivity contribution >= 4 is 40.7 Å². The van der Waals surface area contributed by atoms with Gasteiger partial charge >= 0.3 is 0 Å². The van der Waals surface area contributed by atoms with E-state index in [4.69, 9.17) is 23.2 Å². The van der Waals surface area contributed by atoms with E-state index >= 15 is 0 Å². The SMILES string of the molecule is CCCN(CC(=O)Nc1cc(Cl)ccc1Cl)C(=O)C1(c2ccccc2)CC1. The highest BCUT2D eigenvalue weighted by Crippen LogP contribution is 2.49.